The minimum Gasteiger partial charge on any atom is -0.361 e. The Kier molecular flexibility index (Phi) is 5.44. The number of H-pyrrole nitrogens is 1. The fraction of sp³-hybridized carbons (Fsp3) is 0.368. The summed E-state index contributed by atoms with van der Waals surface area (Å²) in [5.41, 5.74) is -0.178. The van der Waals surface area contributed by atoms with Gasteiger partial charge in [-0.2, -0.15) is 13.2 Å². The SMILES string of the molecule is C=CC(=O)N1CCCC(C(=O)NC(c2c[nH]c3cccc(F)c23)C(F)(F)F)C1. The van der Waals surface area contributed by atoms with Gasteiger partial charge in [-0.25, -0.2) is 4.39 Å². The number of halogens is 4. The lowest BCUT2D eigenvalue weighted by molar-refractivity contribution is -0.165. The van der Waals surface area contributed by atoms with Gasteiger partial charge in [0.25, 0.3) is 0 Å². The third-order valence-electron chi connectivity index (χ3n) is 4.89. The molecule has 2 N–H and O–H groups in total. The Balaban J connectivity index is 1.86. The number of nitrogens with one attached hydrogen (secondary N) is 2. The number of fused-ring (bicyclic) bond motifs is 1. The number of benzene rings is 1. The van der Waals surface area contributed by atoms with E-state index in [1.54, 1.807) is 0 Å². The molecule has 2 unspecified atom stereocenters. The first-order valence-corrected chi connectivity index (χ1v) is 8.76. The maximum atomic E-state index is 14.1. The minimum absolute atomic E-state index is 0.0174. The second kappa shape index (κ2) is 7.65. The largest absolute Gasteiger partial charge is 0.412 e. The van der Waals surface area contributed by atoms with Crippen LogP contribution in [0.2, 0.25) is 0 Å². The van der Waals surface area contributed by atoms with Crippen molar-refractivity contribution in [3.63, 3.8) is 0 Å². The van der Waals surface area contributed by atoms with E-state index in [1.165, 1.54) is 17.0 Å². The molecule has 0 saturated carbocycles. The van der Waals surface area contributed by atoms with E-state index in [1.807, 2.05) is 5.32 Å². The molecule has 5 nitrogen and oxygen atoms in total. The zero-order valence-corrected chi connectivity index (χ0v) is 14.9. The molecule has 2 atom stereocenters. The summed E-state index contributed by atoms with van der Waals surface area (Å²) in [7, 11) is 0. The molecule has 0 aliphatic carbocycles. The number of aromatic amines is 1. The first kappa shape index (κ1) is 19.9. The van der Waals surface area contributed by atoms with Gasteiger partial charge in [-0.1, -0.05) is 12.6 Å². The summed E-state index contributed by atoms with van der Waals surface area (Å²) in [6, 6.07) is 1.54. The second-order valence-corrected chi connectivity index (χ2v) is 6.72. The minimum atomic E-state index is -4.82. The average Bonchev–Trinajstić information content (AvgIpc) is 3.09. The number of hydrogen-bond acceptors (Lipinski definition) is 2. The number of aromatic nitrogens is 1. The highest BCUT2D eigenvalue weighted by Gasteiger charge is 2.44. The van der Waals surface area contributed by atoms with Gasteiger partial charge in [0, 0.05) is 35.8 Å². The highest BCUT2D eigenvalue weighted by atomic mass is 19.4. The standard InChI is InChI=1S/C19H19F4N3O2/c1-2-15(27)26-8-4-5-11(10-26)18(28)25-17(19(21,22)23)12-9-24-14-7-3-6-13(20)16(12)14/h2-3,6-7,9,11,17,24H,1,4-5,8,10H2,(H,25,28). The molecule has 1 saturated heterocycles. The Morgan fingerprint density at radius 2 is 2.11 bits per heavy atom. The van der Waals surface area contributed by atoms with Crippen LogP contribution in [0.1, 0.15) is 24.4 Å². The molecule has 2 aromatic rings. The van der Waals surface area contributed by atoms with Gasteiger partial charge in [-0.3, -0.25) is 9.59 Å². The quantitative estimate of drug-likeness (QED) is 0.613. The molecule has 0 radical (unpaired) electrons. The topological polar surface area (TPSA) is 65.2 Å². The molecule has 28 heavy (non-hydrogen) atoms. The lowest BCUT2D eigenvalue weighted by atomic mass is 9.95. The molecule has 2 amide bonds. The van der Waals surface area contributed by atoms with E-state index in [9.17, 15) is 27.2 Å². The molecule has 1 fully saturated rings. The van der Waals surface area contributed by atoms with Gasteiger partial charge in [-0.05, 0) is 31.1 Å². The van der Waals surface area contributed by atoms with Crippen molar-refractivity contribution in [1.82, 2.24) is 15.2 Å². The van der Waals surface area contributed by atoms with Crippen LogP contribution < -0.4 is 5.32 Å². The average molecular weight is 397 g/mol. The monoisotopic (exact) mass is 397 g/mol. The summed E-state index contributed by atoms with van der Waals surface area (Å²) < 4.78 is 55.2. The number of nitrogens with zero attached hydrogens (tertiary/aromatic N) is 1. The zero-order valence-electron chi connectivity index (χ0n) is 14.9. The third kappa shape index (κ3) is 3.88. The summed E-state index contributed by atoms with van der Waals surface area (Å²) in [5, 5.41) is 1.80. The Bertz CT molecular complexity index is 906. The normalized spacial score (nSPS) is 18.7. The molecule has 0 bridgehead atoms. The number of carbonyl (C=O) groups is 2. The van der Waals surface area contributed by atoms with Gasteiger partial charge in [0.05, 0.1) is 5.92 Å². The summed E-state index contributed by atoms with van der Waals surface area (Å²) in [4.78, 5) is 28.3. The van der Waals surface area contributed by atoms with Crippen molar-refractivity contribution in [2.24, 2.45) is 5.92 Å². The van der Waals surface area contributed by atoms with E-state index in [2.05, 4.69) is 11.6 Å². The summed E-state index contributed by atoms with van der Waals surface area (Å²) >= 11 is 0. The van der Waals surface area contributed by atoms with Crippen LogP contribution in [0, 0.1) is 11.7 Å². The number of piperidine rings is 1. The smallest absolute Gasteiger partial charge is 0.361 e. The number of hydrogen-bond donors (Lipinski definition) is 2. The molecule has 1 aliphatic rings. The maximum Gasteiger partial charge on any atom is 0.412 e. The van der Waals surface area contributed by atoms with Gasteiger partial charge in [0.1, 0.15) is 5.82 Å². The Morgan fingerprint density at radius 1 is 1.36 bits per heavy atom. The Labute approximate surface area is 158 Å². The van der Waals surface area contributed by atoms with Crippen LogP contribution in [0.3, 0.4) is 0 Å². The first-order valence-electron chi connectivity index (χ1n) is 8.76. The van der Waals surface area contributed by atoms with Crippen molar-refractivity contribution >= 4 is 22.7 Å². The molecule has 150 valence electrons. The number of carbonyl (C=O) groups excluding carboxylic acids is 2. The number of amides is 2. The molecule has 9 heteroatoms. The van der Waals surface area contributed by atoms with E-state index in [-0.39, 0.29) is 28.9 Å². The predicted molar refractivity (Wildman–Crippen MR) is 94.7 cm³/mol. The van der Waals surface area contributed by atoms with E-state index >= 15 is 0 Å². The predicted octanol–water partition coefficient (Wildman–Crippen LogP) is 3.45. The lowest BCUT2D eigenvalue weighted by Gasteiger charge is -2.32. The van der Waals surface area contributed by atoms with Crippen molar-refractivity contribution in [3.8, 4) is 0 Å². The molecule has 1 aromatic heterocycles. The van der Waals surface area contributed by atoms with Crippen molar-refractivity contribution in [2.75, 3.05) is 13.1 Å². The molecular weight excluding hydrogens is 378 g/mol. The number of likely N-dealkylation sites (tertiary alicyclic amines) is 1. The number of rotatable bonds is 4. The fourth-order valence-electron chi connectivity index (χ4n) is 3.51. The van der Waals surface area contributed by atoms with Gasteiger partial charge < -0.3 is 15.2 Å². The molecule has 2 heterocycles. The van der Waals surface area contributed by atoms with Crippen molar-refractivity contribution in [1.29, 1.82) is 0 Å². The van der Waals surface area contributed by atoms with Crippen molar-refractivity contribution < 1.29 is 27.2 Å². The fourth-order valence-corrected chi connectivity index (χ4v) is 3.51. The van der Waals surface area contributed by atoms with Crippen LogP contribution in [0.25, 0.3) is 10.9 Å². The third-order valence-corrected chi connectivity index (χ3v) is 4.89. The van der Waals surface area contributed by atoms with Gasteiger partial charge >= 0.3 is 6.18 Å². The van der Waals surface area contributed by atoms with Crippen LogP contribution in [-0.2, 0) is 9.59 Å². The zero-order chi connectivity index (χ0) is 20.5. The van der Waals surface area contributed by atoms with Crippen LogP contribution in [0.15, 0.2) is 37.1 Å². The van der Waals surface area contributed by atoms with E-state index in [0.29, 0.717) is 19.4 Å². The molecule has 3 rings (SSSR count). The van der Waals surface area contributed by atoms with Crippen LogP contribution in [0.4, 0.5) is 17.6 Å². The summed E-state index contributed by atoms with van der Waals surface area (Å²) in [6.07, 6.45) is -1.80. The molecule has 1 aromatic carbocycles. The van der Waals surface area contributed by atoms with Gasteiger partial charge in [0.2, 0.25) is 11.8 Å². The highest BCUT2D eigenvalue weighted by Crippen LogP contribution is 2.37. The Hall–Kier alpha value is -2.84. The number of alkyl halides is 3. The maximum absolute atomic E-state index is 14.1. The first-order chi connectivity index (χ1) is 13.2. The van der Waals surface area contributed by atoms with Gasteiger partial charge in [-0.15, -0.1) is 0 Å². The van der Waals surface area contributed by atoms with Crippen LogP contribution >= 0.6 is 0 Å². The lowest BCUT2D eigenvalue weighted by Crippen LogP contribution is -2.47. The van der Waals surface area contributed by atoms with E-state index < -0.39 is 29.9 Å². The molecule has 0 spiro atoms. The molecular formula is C19H19F4N3O2. The van der Waals surface area contributed by atoms with Crippen molar-refractivity contribution in [2.45, 2.75) is 25.1 Å². The summed E-state index contributed by atoms with van der Waals surface area (Å²) in [5.74, 6) is -2.78. The molecule has 1 aliphatic heterocycles. The van der Waals surface area contributed by atoms with E-state index in [0.717, 1.165) is 18.3 Å². The second-order valence-electron chi connectivity index (χ2n) is 6.72. The van der Waals surface area contributed by atoms with E-state index in [4.69, 9.17) is 0 Å². The van der Waals surface area contributed by atoms with Gasteiger partial charge in [0.15, 0.2) is 6.04 Å². The highest BCUT2D eigenvalue weighted by molar-refractivity contribution is 5.88. The van der Waals surface area contributed by atoms with Crippen LogP contribution in [0.5, 0.6) is 0 Å². The van der Waals surface area contributed by atoms with Crippen LogP contribution in [-0.4, -0.2) is 41.0 Å². The summed E-state index contributed by atoms with van der Waals surface area (Å²) in [6.45, 7) is 3.82. The Morgan fingerprint density at radius 3 is 2.79 bits per heavy atom. The van der Waals surface area contributed by atoms with Crippen molar-refractivity contribution in [3.05, 3.63) is 48.4 Å².